The van der Waals surface area contributed by atoms with Crippen molar-refractivity contribution in [2.75, 3.05) is 29.4 Å². The standard InChI is InChI=1S/C15H19N3O2/c16-15(20)11-8-14(19)18(10-11)13-5-3-4-12(9-13)17-6-1-2-7-17/h3-5,9,11H,1-2,6-8,10H2,(H2,16,20)/t11-/m0/s1. The zero-order valence-electron chi connectivity index (χ0n) is 11.4. The zero-order chi connectivity index (χ0) is 14.1. The van der Waals surface area contributed by atoms with Crippen LogP contribution in [-0.4, -0.2) is 31.4 Å². The van der Waals surface area contributed by atoms with Gasteiger partial charge in [0.2, 0.25) is 11.8 Å². The van der Waals surface area contributed by atoms with Crippen LogP contribution in [0.4, 0.5) is 11.4 Å². The number of rotatable bonds is 3. The summed E-state index contributed by atoms with van der Waals surface area (Å²) in [5.74, 6) is -0.776. The van der Waals surface area contributed by atoms with E-state index < -0.39 is 5.91 Å². The molecule has 20 heavy (non-hydrogen) atoms. The van der Waals surface area contributed by atoms with Gasteiger partial charge < -0.3 is 15.5 Å². The maximum absolute atomic E-state index is 12.0. The van der Waals surface area contributed by atoms with E-state index in [0.29, 0.717) is 6.54 Å². The lowest BCUT2D eigenvalue weighted by Crippen LogP contribution is -2.28. The molecule has 3 rings (SSSR count). The van der Waals surface area contributed by atoms with Crippen molar-refractivity contribution in [1.82, 2.24) is 0 Å². The Balaban J connectivity index is 1.81. The molecule has 106 valence electrons. The molecule has 0 saturated carbocycles. The van der Waals surface area contributed by atoms with Gasteiger partial charge in [0.05, 0.1) is 5.92 Å². The van der Waals surface area contributed by atoms with Crippen molar-refractivity contribution in [3.8, 4) is 0 Å². The van der Waals surface area contributed by atoms with E-state index in [1.807, 2.05) is 18.2 Å². The van der Waals surface area contributed by atoms with Crippen LogP contribution < -0.4 is 15.5 Å². The summed E-state index contributed by atoms with van der Waals surface area (Å²) in [6, 6.07) is 7.99. The summed E-state index contributed by atoms with van der Waals surface area (Å²) in [7, 11) is 0. The van der Waals surface area contributed by atoms with Gasteiger partial charge in [0.25, 0.3) is 0 Å². The molecule has 0 unspecified atom stereocenters. The van der Waals surface area contributed by atoms with Gasteiger partial charge in [-0.3, -0.25) is 9.59 Å². The number of carbonyl (C=O) groups excluding carboxylic acids is 2. The second-order valence-electron chi connectivity index (χ2n) is 5.52. The Bertz CT molecular complexity index is 538. The third kappa shape index (κ3) is 2.35. The fraction of sp³-hybridized carbons (Fsp3) is 0.467. The van der Waals surface area contributed by atoms with Gasteiger partial charge in [0.15, 0.2) is 0 Å². The van der Waals surface area contributed by atoms with Gasteiger partial charge in [-0.1, -0.05) is 6.07 Å². The highest BCUT2D eigenvalue weighted by Crippen LogP contribution is 2.29. The molecule has 2 saturated heterocycles. The number of nitrogens with two attached hydrogens (primary N) is 1. The van der Waals surface area contributed by atoms with Crippen molar-refractivity contribution < 1.29 is 9.59 Å². The van der Waals surface area contributed by atoms with Crippen molar-refractivity contribution in [2.24, 2.45) is 11.7 Å². The number of hydrogen-bond acceptors (Lipinski definition) is 3. The second-order valence-corrected chi connectivity index (χ2v) is 5.52. The summed E-state index contributed by atoms with van der Waals surface area (Å²) in [5.41, 5.74) is 7.32. The van der Waals surface area contributed by atoms with Crippen molar-refractivity contribution >= 4 is 23.2 Å². The molecule has 5 heteroatoms. The smallest absolute Gasteiger partial charge is 0.227 e. The van der Waals surface area contributed by atoms with E-state index in [9.17, 15) is 9.59 Å². The van der Waals surface area contributed by atoms with Crippen LogP contribution in [0.1, 0.15) is 19.3 Å². The first-order valence-corrected chi connectivity index (χ1v) is 7.10. The molecule has 2 amide bonds. The topological polar surface area (TPSA) is 66.6 Å². The fourth-order valence-electron chi connectivity index (χ4n) is 2.98. The van der Waals surface area contributed by atoms with Gasteiger partial charge in [-0.2, -0.15) is 0 Å². The van der Waals surface area contributed by atoms with Crippen LogP contribution in [0, 0.1) is 5.92 Å². The van der Waals surface area contributed by atoms with Crippen LogP contribution >= 0.6 is 0 Å². The van der Waals surface area contributed by atoms with Crippen LogP contribution in [0.5, 0.6) is 0 Å². The lowest BCUT2D eigenvalue weighted by atomic mass is 10.1. The van der Waals surface area contributed by atoms with Gasteiger partial charge in [0.1, 0.15) is 0 Å². The number of anilines is 2. The SMILES string of the molecule is NC(=O)[C@H]1CC(=O)N(c2cccc(N3CCCC3)c2)C1. The number of hydrogen-bond donors (Lipinski definition) is 1. The molecule has 0 bridgehead atoms. The van der Waals surface area contributed by atoms with Crippen molar-refractivity contribution in [2.45, 2.75) is 19.3 Å². The highest BCUT2D eigenvalue weighted by atomic mass is 16.2. The Morgan fingerprint density at radius 1 is 1.20 bits per heavy atom. The quantitative estimate of drug-likeness (QED) is 0.897. The second kappa shape index (κ2) is 5.15. The highest BCUT2D eigenvalue weighted by Gasteiger charge is 2.34. The molecule has 0 radical (unpaired) electrons. The molecule has 1 aromatic carbocycles. The first-order valence-electron chi connectivity index (χ1n) is 7.10. The highest BCUT2D eigenvalue weighted by molar-refractivity contribution is 6.00. The lowest BCUT2D eigenvalue weighted by Gasteiger charge is -2.21. The number of carbonyl (C=O) groups is 2. The van der Waals surface area contributed by atoms with Gasteiger partial charge in [0, 0.05) is 37.4 Å². The third-order valence-corrected chi connectivity index (χ3v) is 4.14. The van der Waals surface area contributed by atoms with E-state index in [-0.39, 0.29) is 18.2 Å². The molecule has 0 aliphatic carbocycles. The fourth-order valence-corrected chi connectivity index (χ4v) is 2.98. The number of benzene rings is 1. The zero-order valence-corrected chi connectivity index (χ0v) is 11.4. The minimum atomic E-state index is -0.392. The predicted molar refractivity (Wildman–Crippen MR) is 77.5 cm³/mol. The van der Waals surface area contributed by atoms with Crippen LogP contribution in [0.2, 0.25) is 0 Å². The minimum Gasteiger partial charge on any atom is -0.371 e. The van der Waals surface area contributed by atoms with E-state index in [1.54, 1.807) is 4.90 Å². The van der Waals surface area contributed by atoms with Crippen LogP contribution in [0.25, 0.3) is 0 Å². The molecular formula is C15H19N3O2. The largest absolute Gasteiger partial charge is 0.371 e. The molecule has 2 N–H and O–H groups in total. The Morgan fingerprint density at radius 3 is 2.55 bits per heavy atom. The Morgan fingerprint density at radius 2 is 1.90 bits per heavy atom. The molecule has 2 heterocycles. The van der Waals surface area contributed by atoms with Crippen LogP contribution in [0.15, 0.2) is 24.3 Å². The third-order valence-electron chi connectivity index (χ3n) is 4.14. The predicted octanol–water partition coefficient (Wildman–Crippen LogP) is 1.12. The van der Waals surface area contributed by atoms with Gasteiger partial charge in [-0.25, -0.2) is 0 Å². The molecule has 5 nitrogen and oxygen atoms in total. The number of primary amides is 1. The van der Waals surface area contributed by atoms with Crippen LogP contribution in [0.3, 0.4) is 0 Å². The molecule has 2 fully saturated rings. The minimum absolute atomic E-state index is 0.0210. The summed E-state index contributed by atoms with van der Waals surface area (Å²) in [4.78, 5) is 27.3. The molecule has 0 spiro atoms. The van der Waals surface area contributed by atoms with Crippen molar-refractivity contribution in [3.05, 3.63) is 24.3 Å². The van der Waals surface area contributed by atoms with Crippen molar-refractivity contribution in [3.63, 3.8) is 0 Å². The average molecular weight is 273 g/mol. The van der Waals surface area contributed by atoms with Crippen LogP contribution in [-0.2, 0) is 9.59 Å². The summed E-state index contributed by atoms with van der Waals surface area (Å²) >= 11 is 0. The monoisotopic (exact) mass is 273 g/mol. The Hall–Kier alpha value is -2.04. The summed E-state index contributed by atoms with van der Waals surface area (Å²) in [6.07, 6.45) is 2.66. The summed E-state index contributed by atoms with van der Waals surface area (Å²) in [5, 5.41) is 0. The van der Waals surface area contributed by atoms with E-state index in [0.717, 1.165) is 24.5 Å². The van der Waals surface area contributed by atoms with E-state index >= 15 is 0 Å². The normalized spacial score (nSPS) is 22.6. The van der Waals surface area contributed by atoms with E-state index in [2.05, 4.69) is 11.0 Å². The first kappa shape index (κ1) is 13.0. The Labute approximate surface area is 118 Å². The van der Waals surface area contributed by atoms with E-state index in [4.69, 9.17) is 5.73 Å². The average Bonchev–Trinajstić information content (AvgIpc) is 3.08. The maximum Gasteiger partial charge on any atom is 0.227 e. The van der Waals surface area contributed by atoms with Gasteiger partial charge in [-0.05, 0) is 31.0 Å². The lowest BCUT2D eigenvalue weighted by molar-refractivity contribution is -0.123. The maximum atomic E-state index is 12.0. The van der Waals surface area contributed by atoms with E-state index in [1.165, 1.54) is 12.8 Å². The molecule has 2 aliphatic heterocycles. The molecule has 1 aromatic rings. The first-order chi connectivity index (χ1) is 9.65. The number of amides is 2. The van der Waals surface area contributed by atoms with Gasteiger partial charge in [-0.15, -0.1) is 0 Å². The summed E-state index contributed by atoms with van der Waals surface area (Å²) in [6.45, 7) is 2.54. The van der Waals surface area contributed by atoms with Gasteiger partial charge >= 0.3 is 0 Å². The molecular weight excluding hydrogens is 254 g/mol. The Kier molecular flexibility index (Phi) is 3.34. The molecule has 0 aromatic heterocycles. The number of nitrogens with zero attached hydrogens (tertiary/aromatic N) is 2. The molecule has 1 atom stereocenters. The summed E-state index contributed by atoms with van der Waals surface area (Å²) < 4.78 is 0. The van der Waals surface area contributed by atoms with Crippen molar-refractivity contribution in [1.29, 1.82) is 0 Å². The molecule has 2 aliphatic rings.